The van der Waals surface area contributed by atoms with E-state index in [0.717, 1.165) is 43.1 Å². The summed E-state index contributed by atoms with van der Waals surface area (Å²) in [5.41, 5.74) is 15.3. The van der Waals surface area contributed by atoms with Crippen molar-refractivity contribution in [3.05, 3.63) is 35.9 Å². The van der Waals surface area contributed by atoms with E-state index >= 15 is 0 Å². The van der Waals surface area contributed by atoms with Gasteiger partial charge in [-0.1, -0.05) is 52.8 Å². The Balaban J connectivity index is 0.000000258. The SMILES string of the molecule is C=C(C)C1CC(C)C(C)C(N)C1.COc1ccc(C2(C)CC(N)CC(C)(C)C2)cc1OC. The molecule has 0 heterocycles. The molecule has 4 N–H and O–H groups in total. The van der Waals surface area contributed by atoms with Gasteiger partial charge in [0.1, 0.15) is 0 Å². The zero-order valence-corrected chi connectivity index (χ0v) is 21.8. The second-order valence-corrected chi connectivity index (χ2v) is 11.7. The molecule has 0 aromatic heterocycles. The molecular weight excluding hydrogens is 396 g/mol. The number of nitrogens with two attached hydrogens (primary N) is 2. The maximum atomic E-state index is 6.29. The van der Waals surface area contributed by atoms with E-state index in [-0.39, 0.29) is 16.9 Å². The highest BCUT2D eigenvalue weighted by molar-refractivity contribution is 5.45. The molecule has 6 unspecified atom stereocenters. The summed E-state index contributed by atoms with van der Waals surface area (Å²) in [5, 5.41) is 0. The predicted octanol–water partition coefficient (Wildman–Crippen LogP) is 6.07. The fraction of sp³-hybridized carbons (Fsp3) is 0.714. The van der Waals surface area contributed by atoms with E-state index < -0.39 is 0 Å². The van der Waals surface area contributed by atoms with E-state index in [9.17, 15) is 0 Å². The van der Waals surface area contributed by atoms with Crippen LogP contribution in [0.25, 0.3) is 0 Å². The summed E-state index contributed by atoms with van der Waals surface area (Å²) in [5.74, 6) is 3.68. The van der Waals surface area contributed by atoms with Crippen LogP contribution >= 0.6 is 0 Å². The quantitative estimate of drug-likeness (QED) is 0.553. The molecule has 2 aliphatic carbocycles. The van der Waals surface area contributed by atoms with Crippen molar-refractivity contribution >= 4 is 0 Å². The monoisotopic (exact) mass is 444 g/mol. The van der Waals surface area contributed by atoms with Crippen molar-refractivity contribution in [1.29, 1.82) is 0 Å². The summed E-state index contributed by atoms with van der Waals surface area (Å²) in [6.45, 7) is 17.7. The number of hydrogen-bond acceptors (Lipinski definition) is 4. The van der Waals surface area contributed by atoms with Crippen molar-refractivity contribution in [1.82, 2.24) is 0 Å². The highest BCUT2D eigenvalue weighted by atomic mass is 16.5. The van der Waals surface area contributed by atoms with Crippen molar-refractivity contribution in [3.63, 3.8) is 0 Å². The van der Waals surface area contributed by atoms with Gasteiger partial charge in [-0.05, 0) is 85.3 Å². The maximum absolute atomic E-state index is 6.29. The molecule has 182 valence electrons. The van der Waals surface area contributed by atoms with Gasteiger partial charge in [-0.15, -0.1) is 0 Å². The van der Waals surface area contributed by atoms with Gasteiger partial charge in [0.05, 0.1) is 14.2 Å². The topological polar surface area (TPSA) is 70.5 Å². The molecule has 1 aromatic carbocycles. The Morgan fingerprint density at radius 3 is 2.12 bits per heavy atom. The molecule has 0 bridgehead atoms. The van der Waals surface area contributed by atoms with E-state index in [1.807, 2.05) is 6.07 Å². The maximum Gasteiger partial charge on any atom is 0.161 e. The molecule has 2 aliphatic rings. The summed E-state index contributed by atoms with van der Waals surface area (Å²) >= 11 is 0. The first-order valence-electron chi connectivity index (χ1n) is 12.2. The Morgan fingerprint density at radius 1 is 1.00 bits per heavy atom. The lowest BCUT2D eigenvalue weighted by Gasteiger charge is -2.46. The fourth-order valence-electron chi connectivity index (χ4n) is 6.12. The Labute approximate surface area is 197 Å². The molecular formula is C28H48N2O2. The summed E-state index contributed by atoms with van der Waals surface area (Å²) in [4.78, 5) is 0. The fourth-order valence-corrected chi connectivity index (χ4v) is 6.12. The van der Waals surface area contributed by atoms with Crippen LogP contribution in [0.5, 0.6) is 11.5 Å². The van der Waals surface area contributed by atoms with Gasteiger partial charge in [-0.2, -0.15) is 0 Å². The molecule has 3 rings (SSSR count). The lowest BCUT2D eigenvalue weighted by molar-refractivity contribution is 0.140. The minimum absolute atomic E-state index is 0.0979. The molecule has 2 fully saturated rings. The first-order chi connectivity index (χ1) is 14.8. The Bertz CT molecular complexity index is 763. The lowest BCUT2D eigenvalue weighted by Crippen LogP contribution is -2.44. The zero-order valence-electron chi connectivity index (χ0n) is 21.8. The Kier molecular flexibility index (Phi) is 8.86. The molecule has 2 saturated carbocycles. The van der Waals surface area contributed by atoms with Crippen molar-refractivity contribution < 1.29 is 9.47 Å². The molecule has 0 spiro atoms. The van der Waals surface area contributed by atoms with Crippen LogP contribution in [0.15, 0.2) is 30.4 Å². The number of methoxy groups -OCH3 is 2. The van der Waals surface area contributed by atoms with Gasteiger partial charge < -0.3 is 20.9 Å². The Morgan fingerprint density at radius 2 is 1.62 bits per heavy atom. The minimum Gasteiger partial charge on any atom is -0.493 e. The van der Waals surface area contributed by atoms with E-state index in [2.05, 4.69) is 60.3 Å². The molecule has 4 heteroatoms. The van der Waals surface area contributed by atoms with Gasteiger partial charge in [0.2, 0.25) is 0 Å². The van der Waals surface area contributed by atoms with Gasteiger partial charge in [0, 0.05) is 12.1 Å². The van der Waals surface area contributed by atoms with Crippen LogP contribution in [0.3, 0.4) is 0 Å². The third-order valence-corrected chi connectivity index (χ3v) is 7.96. The van der Waals surface area contributed by atoms with Crippen LogP contribution in [0.2, 0.25) is 0 Å². The van der Waals surface area contributed by atoms with Crippen molar-refractivity contribution in [2.75, 3.05) is 14.2 Å². The third kappa shape index (κ3) is 6.51. The molecule has 0 aliphatic heterocycles. The highest BCUT2D eigenvalue weighted by Crippen LogP contribution is 2.48. The van der Waals surface area contributed by atoms with Crippen LogP contribution in [-0.2, 0) is 5.41 Å². The molecule has 4 nitrogen and oxygen atoms in total. The van der Waals surface area contributed by atoms with Gasteiger partial charge in [-0.3, -0.25) is 0 Å². The first-order valence-corrected chi connectivity index (χ1v) is 12.2. The largest absolute Gasteiger partial charge is 0.493 e. The molecule has 1 aromatic rings. The summed E-state index contributed by atoms with van der Waals surface area (Å²) in [7, 11) is 3.35. The van der Waals surface area contributed by atoms with Crippen molar-refractivity contribution in [2.45, 2.75) is 91.1 Å². The number of hydrogen-bond donors (Lipinski definition) is 2. The minimum atomic E-state index is 0.0979. The number of allylic oxidation sites excluding steroid dienone is 1. The lowest BCUT2D eigenvalue weighted by atomic mass is 9.60. The summed E-state index contributed by atoms with van der Waals surface area (Å²) in [6.07, 6.45) is 5.68. The van der Waals surface area contributed by atoms with Gasteiger partial charge in [0.15, 0.2) is 11.5 Å². The average molecular weight is 445 g/mol. The first kappa shape index (κ1) is 26.7. The van der Waals surface area contributed by atoms with E-state index in [1.165, 1.54) is 17.6 Å². The highest BCUT2D eigenvalue weighted by Gasteiger charge is 2.41. The van der Waals surface area contributed by atoms with Crippen molar-refractivity contribution in [3.8, 4) is 11.5 Å². The van der Waals surface area contributed by atoms with Gasteiger partial charge in [0.25, 0.3) is 0 Å². The standard InChI is InChI=1S/C17H27NO2.C11H21N/c1-16(2)9-13(18)10-17(3,11-16)12-6-7-14(19-4)15(8-12)20-5;1-7(2)10-5-8(3)9(4)11(12)6-10/h6-8,13H,9-11,18H2,1-5H3;8-11H,1,5-6,12H2,2-4H3. The molecule has 32 heavy (non-hydrogen) atoms. The number of ether oxygens (including phenoxy) is 2. The smallest absolute Gasteiger partial charge is 0.161 e. The predicted molar refractivity (Wildman–Crippen MR) is 136 cm³/mol. The molecule has 6 atom stereocenters. The molecule has 0 radical (unpaired) electrons. The van der Waals surface area contributed by atoms with Crippen LogP contribution < -0.4 is 20.9 Å². The van der Waals surface area contributed by atoms with Crippen LogP contribution in [0, 0.1) is 23.2 Å². The van der Waals surface area contributed by atoms with E-state index in [4.69, 9.17) is 20.9 Å². The van der Waals surface area contributed by atoms with E-state index in [1.54, 1.807) is 14.2 Å². The summed E-state index contributed by atoms with van der Waals surface area (Å²) in [6, 6.07) is 6.89. The van der Waals surface area contributed by atoms with Gasteiger partial charge >= 0.3 is 0 Å². The second kappa shape index (κ2) is 10.6. The van der Waals surface area contributed by atoms with Gasteiger partial charge in [-0.25, -0.2) is 0 Å². The number of rotatable bonds is 4. The molecule has 0 amide bonds. The van der Waals surface area contributed by atoms with Crippen molar-refractivity contribution in [2.24, 2.45) is 34.6 Å². The molecule has 0 saturated heterocycles. The third-order valence-electron chi connectivity index (χ3n) is 7.96. The second-order valence-electron chi connectivity index (χ2n) is 11.7. The summed E-state index contributed by atoms with van der Waals surface area (Å²) < 4.78 is 10.8. The Hall–Kier alpha value is -1.52. The van der Waals surface area contributed by atoms with E-state index in [0.29, 0.717) is 17.9 Å². The zero-order chi connectivity index (χ0) is 24.3. The number of benzene rings is 1. The van der Waals surface area contributed by atoms with Crippen LogP contribution in [0.1, 0.15) is 79.2 Å². The van der Waals surface area contributed by atoms with Crippen LogP contribution in [-0.4, -0.2) is 26.3 Å². The van der Waals surface area contributed by atoms with Crippen LogP contribution in [0.4, 0.5) is 0 Å². The average Bonchev–Trinajstić information content (AvgIpc) is 2.69. The normalized spacial score (nSPS) is 34.1.